The Morgan fingerprint density at radius 1 is 1.40 bits per heavy atom. The lowest BCUT2D eigenvalue weighted by atomic mass is 10.1. The lowest BCUT2D eigenvalue weighted by Crippen LogP contribution is -2.48. The summed E-state index contributed by atoms with van der Waals surface area (Å²) in [6.07, 6.45) is 0. The third-order valence-corrected chi connectivity index (χ3v) is 2.83. The van der Waals surface area contributed by atoms with E-state index >= 15 is 0 Å². The fourth-order valence-electron chi connectivity index (χ4n) is 0.920. The van der Waals surface area contributed by atoms with E-state index in [-0.39, 0.29) is 5.92 Å². The molecular formula is C7H14N2O5S. The van der Waals surface area contributed by atoms with Crippen LogP contribution in [0.4, 0.5) is 0 Å². The lowest BCUT2D eigenvalue weighted by molar-refractivity contribution is -0.134. The van der Waals surface area contributed by atoms with Crippen LogP contribution < -0.4 is 10.5 Å². The van der Waals surface area contributed by atoms with E-state index in [1.165, 1.54) is 0 Å². The number of nitrogens with one attached hydrogen (secondary N) is 1. The predicted molar refractivity (Wildman–Crippen MR) is 52.4 cm³/mol. The highest BCUT2D eigenvalue weighted by molar-refractivity contribution is 7.90. The predicted octanol–water partition coefficient (Wildman–Crippen LogP) is -1.50. The number of carbonyl (C=O) groups excluding carboxylic acids is 1. The third kappa shape index (κ3) is 5.33. The molecule has 0 aromatic heterocycles. The standard InChI is InChI=1S/C7H14N2O5S/c1-4(2)6(7(8)12)9-15(13,14)3-5(10)11/h4,6,9H,3H2,1-2H3,(H2,8,12)(H,10,11). The van der Waals surface area contributed by atoms with Gasteiger partial charge in [0, 0.05) is 0 Å². The minimum Gasteiger partial charge on any atom is -0.480 e. The largest absolute Gasteiger partial charge is 0.480 e. The van der Waals surface area contributed by atoms with Gasteiger partial charge >= 0.3 is 5.97 Å². The van der Waals surface area contributed by atoms with Gasteiger partial charge in [-0.2, -0.15) is 0 Å². The van der Waals surface area contributed by atoms with Crippen LogP contribution in [0.15, 0.2) is 0 Å². The van der Waals surface area contributed by atoms with E-state index in [2.05, 4.69) is 0 Å². The topological polar surface area (TPSA) is 127 Å². The van der Waals surface area contributed by atoms with Gasteiger partial charge in [0.2, 0.25) is 15.9 Å². The number of carboxylic acids is 1. The SMILES string of the molecule is CC(C)C(NS(=O)(=O)CC(=O)O)C(N)=O. The van der Waals surface area contributed by atoms with Gasteiger partial charge in [0.1, 0.15) is 6.04 Å². The normalized spacial score (nSPS) is 13.8. The van der Waals surface area contributed by atoms with Crippen molar-refractivity contribution in [2.75, 3.05) is 5.75 Å². The highest BCUT2D eigenvalue weighted by Crippen LogP contribution is 2.02. The van der Waals surface area contributed by atoms with Gasteiger partial charge in [-0.3, -0.25) is 9.59 Å². The van der Waals surface area contributed by atoms with Gasteiger partial charge in [0.25, 0.3) is 0 Å². The molecule has 0 rings (SSSR count). The molecular weight excluding hydrogens is 224 g/mol. The summed E-state index contributed by atoms with van der Waals surface area (Å²) < 4.78 is 24.3. The number of primary amides is 1. The van der Waals surface area contributed by atoms with Gasteiger partial charge in [0.05, 0.1) is 0 Å². The zero-order valence-corrected chi connectivity index (χ0v) is 9.24. The van der Waals surface area contributed by atoms with Gasteiger partial charge in [0.15, 0.2) is 5.75 Å². The molecule has 7 nitrogen and oxygen atoms in total. The Bertz CT molecular complexity index is 348. The molecule has 0 aliphatic carbocycles. The molecule has 8 heteroatoms. The van der Waals surface area contributed by atoms with Crippen LogP contribution in [0.5, 0.6) is 0 Å². The van der Waals surface area contributed by atoms with Crippen molar-refractivity contribution in [3.05, 3.63) is 0 Å². The molecule has 0 fully saturated rings. The van der Waals surface area contributed by atoms with Gasteiger partial charge < -0.3 is 10.8 Å². The smallest absolute Gasteiger partial charge is 0.320 e. The van der Waals surface area contributed by atoms with Crippen molar-refractivity contribution in [2.24, 2.45) is 11.7 Å². The Balaban J connectivity index is 4.68. The van der Waals surface area contributed by atoms with Crippen molar-refractivity contribution in [1.82, 2.24) is 4.72 Å². The first-order valence-electron chi connectivity index (χ1n) is 4.17. The molecule has 1 unspecified atom stereocenters. The maximum atomic E-state index is 11.2. The van der Waals surface area contributed by atoms with Crippen molar-refractivity contribution in [1.29, 1.82) is 0 Å². The summed E-state index contributed by atoms with van der Waals surface area (Å²) in [5.74, 6) is -3.75. The van der Waals surface area contributed by atoms with Crippen LogP contribution in [-0.2, 0) is 19.6 Å². The number of carbonyl (C=O) groups is 2. The van der Waals surface area contributed by atoms with Crippen molar-refractivity contribution in [3.63, 3.8) is 0 Å². The average Bonchev–Trinajstić information content (AvgIpc) is 1.96. The van der Waals surface area contributed by atoms with Crippen LogP contribution in [-0.4, -0.2) is 37.2 Å². The van der Waals surface area contributed by atoms with Crippen LogP contribution >= 0.6 is 0 Å². The zero-order valence-electron chi connectivity index (χ0n) is 8.43. The monoisotopic (exact) mass is 238 g/mol. The Labute approximate surface area is 87.7 Å². The van der Waals surface area contributed by atoms with Crippen molar-refractivity contribution < 1.29 is 23.1 Å². The van der Waals surface area contributed by atoms with Crippen molar-refractivity contribution >= 4 is 21.9 Å². The molecule has 0 spiro atoms. The number of hydrogen-bond donors (Lipinski definition) is 3. The van der Waals surface area contributed by atoms with Gasteiger partial charge in [-0.15, -0.1) is 0 Å². The quantitative estimate of drug-likeness (QED) is 0.519. The Kier molecular flexibility index (Phi) is 4.69. The molecule has 4 N–H and O–H groups in total. The molecule has 0 aromatic rings. The van der Waals surface area contributed by atoms with E-state index in [1.54, 1.807) is 13.8 Å². The second-order valence-corrected chi connectivity index (χ2v) is 5.15. The summed E-state index contributed by atoms with van der Waals surface area (Å²) in [6.45, 7) is 3.19. The maximum absolute atomic E-state index is 11.2. The fourth-order valence-corrected chi connectivity index (χ4v) is 2.10. The highest BCUT2D eigenvalue weighted by Gasteiger charge is 2.26. The molecule has 0 radical (unpaired) electrons. The first-order valence-corrected chi connectivity index (χ1v) is 5.82. The number of hydrogen-bond acceptors (Lipinski definition) is 4. The van der Waals surface area contributed by atoms with E-state index in [0.717, 1.165) is 0 Å². The Hall–Kier alpha value is -1.15. The molecule has 0 bridgehead atoms. The number of aliphatic carboxylic acids is 1. The molecule has 0 aliphatic rings. The van der Waals surface area contributed by atoms with Crippen LogP contribution in [0.2, 0.25) is 0 Å². The third-order valence-electron chi connectivity index (χ3n) is 1.59. The molecule has 15 heavy (non-hydrogen) atoms. The van der Waals surface area contributed by atoms with Crippen molar-refractivity contribution in [2.45, 2.75) is 19.9 Å². The van der Waals surface area contributed by atoms with Crippen molar-refractivity contribution in [3.8, 4) is 0 Å². The van der Waals surface area contributed by atoms with Gasteiger partial charge in [-0.05, 0) is 5.92 Å². The van der Waals surface area contributed by atoms with E-state index in [1.807, 2.05) is 4.72 Å². The number of nitrogens with two attached hydrogens (primary N) is 1. The Morgan fingerprint density at radius 2 is 1.87 bits per heavy atom. The van der Waals surface area contributed by atoms with Gasteiger partial charge in [-0.1, -0.05) is 13.8 Å². The van der Waals surface area contributed by atoms with Crippen LogP contribution in [0.25, 0.3) is 0 Å². The molecule has 88 valence electrons. The van der Waals surface area contributed by atoms with Crippen LogP contribution in [0.3, 0.4) is 0 Å². The fraction of sp³-hybridized carbons (Fsp3) is 0.714. The first kappa shape index (κ1) is 13.8. The van der Waals surface area contributed by atoms with E-state index < -0.39 is 33.7 Å². The molecule has 0 aliphatic heterocycles. The van der Waals surface area contributed by atoms with E-state index in [4.69, 9.17) is 10.8 Å². The van der Waals surface area contributed by atoms with E-state index in [9.17, 15) is 18.0 Å². The lowest BCUT2D eigenvalue weighted by Gasteiger charge is -2.17. The number of carboxylic acid groups (broad SMARTS) is 1. The minimum absolute atomic E-state index is 0.342. The summed E-state index contributed by atoms with van der Waals surface area (Å²) in [4.78, 5) is 21.1. The second-order valence-electron chi connectivity index (χ2n) is 3.39. The number of sulfonamides is 1. The molecule has 1 atom stereocenters. The highest BCUT2D eigenvalue weighted by atomic mass is 32.2. The summed E-state index contributed by atoms with van der Waals surface area (Å²) >= 11 is 0. The number of rotatable bonds is 6. The summed E-state index contributed by atoms with van der Waals surface area (Å²) in [6, 6.07) is -1.09. The van der Waals surface area contributed by atoms with Crippen LogP contribution in [0.1, 0.15) is 13.8 Å². The summed E-state index contributed by atoms with van der Waals surface area (Å²) in [5.41, 5.74) is 4.96. The van der Waals surface area contributed by atoms with Gasteiger partial charge in [-0.25, -0.2) is 13.1 Å². The zero-order chi connectivity index (χ0) is 12.2. The minimum atomic E-state index is -4.02. The number of amides is 1. The maximum Gasteiger partial charge on any atom is 0.320 e. The molecule has 0 saturated heterocycles. The van der Waals surface area contributed by atoms with Crippen LogP contribution in [0, 0.1) is 5.92 Å². The first-order chi connectivity index (χ1) is 6.65. The Morgan fingerprint density at radius 3 is 2.13 bits per heavy atom. The summed E-state index contributed by atoms with van der Waals surface area (Å²) in [7, 11) is -4.02. The average molecular weight is 238 g/mol. The molecule has 1 amide bonds. The molecule has 0 aromatic carbocycles. The molecule has 0 heterocycles. The molecule has 0 saturated carbocycles. The summed E-state index contributed by atoms with van der Waals surface area (Å²) in [5, 5.41) is 8.30. The second kappa shape index (κ2) is 5.08. The van der Waals surface area contributed by atoms with E-state index in [0.29, 0.717) is 0 Å².